The van der Waals surface area contributed by atoms with E-state index in [0.717, 1.165) is 33.6 Å². The molecule has 10 nitrogen and oxygen atoms in total. The predicted molar refractivity (Wildman–Crippen MR) is 176 cm³/mol. The number of hydrogen-bond acceptors (Lipinski definition) is 8. The monoisotopic (exact) mass is 639 g/mol. The molecule has 1 aliphatic rings. The molecular formula is C37H41N3O7. The fourth-order valence-electron chi connectivity index (χ4n) is 5.44. The summed E-state index contributed by atoms with van der Waals surface area (Å²) in [5.41, 5.74) is 13.6. The third kappa shape index (κ3) is 10.1. The smallest absolute Gasteiger partial charge is 0.186 e. The summed E-state index contributed by atoms with van der Waals surface area (Å²) in [5.74, 6) is 0.769. The van der Waals surface area contributed by atoms with E-state index in [9.17, 15) is 0 Å². The molecule has 0 aliphatic carbocycles. The van der Waals surface area contributed by atoms with Crippen LogP contribution in [0.1, 0.15) is 27.8 Å². The van der Waals surface area contributed by atoms with Crippen LogP contribution in [0.15, 0.2) is 114 Å². The Hall–Kier alpha value is -4.25. The minimum absolute atomic E-state index is 0.213. The van der Waals surface area contributed by atoms with Crippen LogP contribution in [0, 0.1) is 0 Å². The largest absolute Gasteiger partial charge is 0.497 e. The van der Waals surface area contributed by atoms with E-state index in [4.69, 9.17) is 38.7 Å². The lowest BCUT2D eigenvalue weighted by atomic mass is 9.97. The number of hydrogen-bond donors (Lipinski definition) is 0. The summed E-state index contributed by atoms with van der Waals surface area (Å²) in [4.78, 5) is 2.86. The summed E-state index contributed by atoms with van der Waals surface area (Å²) in [6.45, 7) is 1.82. The minimum atomic E-state index is -0.735. The molecule has 0 amide bonds. The summed E-state index contributed by atoms with van der Waals surface area (Å²) in [7, 11) is 3.24. The number of benzene rings is 4. The van der Waals surface area contributed by atoms with Gasteiger partial charge in [-0.1, -0.05) is 102 Å². The third-order valence-electron chi connectivity index (χ3n) is 7.85. The van der Waals surface area contributed by atoms with Gasteiger partial charge >= 0.3 is 0 Å². The molecule has 47 heavy (non-hydrogen) atoms. The summed E-state index contributed by atoms with van der Waals surface area (Å²) >= 11 is 0. The maximum Gasteiger partial charge on any atom is 0.186 e. The van der Waals surface area contributed by atoms with Gasteiger partial charge in [0, 0.05) is 12.0 Å². The van der Waals surface area contributed by atoms with Crippen LogP contribution in [0.25, 0.3) is 10.4 Å². The third-order valence-corrected chi connectivity index (χ3v) is 7.85. The molecule has 0 N–H and O–H groups in total. The van der Waals surface area contributed by atoms with Gasteiger partial charge in [-0.25, -0.2) is 0 Å². The van der Waals surface area contributed by atoms with Crippen molar-refractivity contribution < 1.29 is 33.2 Å². The van der Waals surface area contributed by atoms with Crippen molar-refractivity contribution in [3.8, 4) is 5.75 Å². The topological polar surface area (TPSA) is 113 Å². The number of ether oxygens (including phenoxy) is 7. The molecule has 246 valence electrons. The van der Waals surface area contributed by atoms with Crippen molar-refractivity contribution in [2.75, 3.05) is 20.8 Å². The first-order valence-electron chi connectivity index (χ1n) is 15.6. The van der Waals surface area contributed by atoms with Crippen molar-refractivity contribution in [2.24, 2.45) is 5.11 Å². The normalized spacial score (nSPS) is 20.8. The van der Waals surface area contributed by atoms with Crippen molar-refractivity contribution in [1.29, 1.82) is 0 Å². The molecular weight excluding hydrogens is 598 g/mol. The molecule has 4 aromatic carbocycles. The van der Waals surface area contributed by atoms with Crippen LogP contribution in [-0.4, -0.2) is 51.5 Å². The van der Waals surface area contributed by atoms with E-state index in [-0.39, 0.29) is 13.2 Å². The van der Waals surface area contributed by atoms with E-state index in [2.05, 4.69) is 10.0 Å². The van der Waals surface area contributed by atoms with Crippen molar-refractivity contribution in [1.82, 2.24) is 0 Å². The SMILES string of the molecule is COc1ccc(CO[C@H]2[C@H](OCc3ccccc3)[C@@H](OCc3ccccc3)[C@@H](OC)O[C@@H]2COCc2cccc(CN=[N+]=[N-])c2)cc1. The summed E-state index contributed by atoms with van der Waals surface area (Å²) in [6.07, 6.45) is -3.00. The molecule has 0 radical (unpaired) electrons. The van der Waals surface area contributed by atoms with Gasteiger partial charge in [-0.05, 0) is 45.5 Å². The Labute approximate surface area is 275 Å². The second-order valence-corrected chi connectivity index (χ2v) is 11.1. The van der Waals surface area contributed by atoms with Crippen molar-refractivity contribution in [3.63, 3.8) is 0 Å². The zero-order chi connectivity index (χ0) is 32.7. The zero-order valence-corrected chi connectivity index (χ0v) is 26.7. The van der Waals surface area contributed by atoms with Crippen LogP contribution in [0.2, 0.25) is 0 Å². The number of rotatable bonds is 17. The lowest BCUT2D eigenvalue weighted by molar-refractivity contribution is -0.323. The molecule has 0 unspecified atom stereocenters. The number of methoxy groups -OCH3 is 2. The Morgan fingerprint density at radius 3 is 1.83 bits per heavy atom. The van der Waals surface area contributed by atoms with Gasteiger partial charge in [0.1, 0.15) is 30.2 Å². The minimum Gasteiger partial charge on any atom is -0.497 e. The Kier molecular flexibility index (Phi) is 13.2. The van der Waals surface area contributed by atoms with Gasteiger partial charge in [0.2, 0.25) is 0 Å². The van der Waals surface area contributed by atoms with Crippen molar-refractivity contribution in [3.05, 3.63) is 147 Å². The van der Waals surface area contributed by atoms with Gasteiger partial charge in [0.15, 0.2) is 6.29 Å². The highest BCUT2D eigenvalue weighted by Gasteiger charge is 2.48. The predicted octanol–water partition coefficient (Wildman–Crippen LogP) is 7.15. The summed E-state index contributed by atoms with van der Waals surface area (Å²) < 4.78 is 43.8. The highest BCUT2D eigenvalue weighted by molar-refractivity contribution is 5.27. The fraction of sp³-hybridized carbons (Fsp3) is 0.351. The zero-order valence-electron chi connectivity index (χ0n) is 26.7. The Morgan fingerprint density at radius 2 is 1.21 bits per heavy atom. The molecule has 0 aromatic heterocycles. The van der Waals surface area contributed by atoms with Gasteiger partial charge in [-0.15, -0.1) is 0 Å². The molecule has 10 heteroatoms. The molecule has 0 bridgehead atoms. The molecule has 1 aliphatic heterocycles. The van der Waals surface area contributed by atoms with Gasteiger partial charge in [-0.3, -0.25) is 0 Å². The molecule has 4 aromatic rings. The van der Waals surface area contributed by atoms with Crippen LogP contribution < -0.4 is 4.74 Å². The van der Waals surface area contributed by atoms with E-state index in [1.807, 2.05) is 109 Å². The van der Waals surface area contributed by atoms with E-state index in [0.29, 0.717) is 26.4 Å². The number of azide groups is 1. The molecule has 1 fully saturated rings. The van der Waals surface area contributed by atoms with Crippen LogP contribution in [-0.2, 0) is 61.4 Å². The van der Waals surface area contributed by atoms with E-state index in [1.54, 1.807) is 14.2 Å². The Bertz CT molecular complexity index is 1530. The highest BCUT2D eigenvalue weighted by atomic mass is 16.7. The average molecular weight is 640 g/mol. The molecule has 1 heterocycles. The second kappa shape index (κ2) is 18.2. The maximum atomic E-state index is 8.70. The van der Waals surface area contributed by atoms with E-state index < -0.39 is 30.7 Å². The first-order valence-corrected chi connectivity index (χ1v) is 15.6. The van der Waals surface area contributed by atoms with Gasteiger partial charge in [-0.2, -0.15) is 0 Å². The van der Waals surface area contributed by atoms with Crippen LogP contribution in [0.3, 0.4) is 0 Å². The first-order chi connectivity index (χ1) is 23.2. The van der Waals surface area contributed by atoms with Crippen molar-refractivity contribution in [2.45, 2.75) is 63.7 Å². The second-order valence-electron chi connectivity index (χ2n) is 11.1. The van der Waals surface area contributed by atoms with Gasteiger partial charge < -0.3 is 33.2 Å². The maximum absolute atomic E-state index is 8.70. The van der Waals surface area contributed by atoms with Crippen LogP contribution in [0.5, 0.6) is 5.75 Å². The lowest BCUT2D eigenvalue weighted by Gasteiger charge is -2.45. The lowest BCUT2D eigenvalue weighted by Crippen LogP contribution is -2.61. The van der Waals surface area contributed by atoms with Gasteiger partial charge in [0.25, 0.3) is 0 Å². The quantitative estimate of drug-likeness (QED) is 0.0685. The van der Waals surface area contributed by atoms with Crippen LogP contribution >= 0.6 is 0 Å². The Morgan fingerprint density at radius 1 is 0.638 bits per heavy atom. The van der Waals surface area contributed by atoms with E-state index in [1.165, 1.54) is 0 Å². The molecule has 5 atom stereocenters. The van der Waals surface area contributed by atoms with Crippen LogP contribution in [0.4, 0.5) is 0 Å². The van der Waals surface area contributed by atoms with E-state index >= 15 is 0 Å². The number of nitrogens with zero attached hydrogens (tertiary/aromatic N) is 3. The fourth-order valence-corrected chi connectivity index (χ4v) is 5.44. The molecule has 5 rings (SSSR count). The Balaban J connectivity index is 1.38. The van der Waals surface area contributed by atoms with Crippen molar-refractivity contribution >= 4 is 0 Å². The molecule has 0 spiro atoms. The van der Waals surface area contributed by atoms with Gasteiger partial charge in [0.05, 0.1) is 46.7 Å². The summed E-state index contributed by atoms with van der Waals surface area (Å²) in [5, 5.41) is 3.67. The summed E-state index contributed by atoms with van der Waals surface area (Å²) in [6, 6.07) is 35.5. The molecule has 1 saturated heterocycles. The highest BCUT2D eigenvalue weighted by Crippen LogP contribution is 2.31. The molecule has 0 saturated carbocycles. The first kappa shape index (κ1) is 34.1. The standard InChI is InChI=1S/C37H41N3O7/c1-41-32-18-16-29(17-19-32)25-44-34-33(26-43-22-31-15-9-14-30(20-31)21-39-40-38)47-37(42-2)36(46-24-28-12-7-4-8-13-28)35(34)45-23-27-10-5-3-6-11-27/h3-20,33-37H,21-26H2,1-2H3/t33-,34-,35+,36-,37+/m1/s1. The average Bonchev–Trinajstić information content (AvgIpc) is 3.13.